The van der Waals surface area contributed by atoms with Gasteiger partial charge in [0.1, 0.15) is 12.3 Å². The molecule has 0 unspecified atom stereocenters. The van der Waals surface area contributed by atoms with Gasteiger partial charge in [0.2, 0.25) is 11.8 Å². The van der Waals surface area contributed by atoms with Gasteiger partial charge in [-0.2, -0.15) is 0 Å². The Morgan fingerprint density at radius 3 is 2.41 bits per heavy atom. The van der Waals surface area contributed by atoms with Gasteiger partial charge in [0.05, 0.1) is 4.90 Å². The zero-order chi connectivity index (χ0) is 22.7. The fourth-order valence-corrected chi connectivity index (χ4v) is 5.41. The lowest BCUT2D eigenvalue weighted by atomic mass is 10.1. The number of likely N-dealkylation sites (tertiary alicyclic amines) is 1. The first-order valence-corrected chi connectivity index (χ1v) is 12.4. The number of nitrogens with one attached hydrogen (secondary N) is 1. The maximum Gasteiger partial charge on any atom is 0.242 e. The Balaban J connectivity index is 1.51. The van der Waals surface area contributed by atoms with Gasteiger partial charge in [-0.15, -0.1) is 0 Å². The number of sulfone groups is 1. The molecule has 0 aliphatic carbocycles. The van der Waals surface area contributed by atoms with Crippen molar-refractivity contribution in [3.05, 3.63) is 65.9 Å². The summed E-state index contributed by atoms with van der Waals surface area (Å²) in [6.07, 6.45) is 3.48. The van der Waals surface area contributed by atoms with Crippen molar-refractivity contribution in [1.29, 1.82) is 0 Å². The van der Waals surface area contributed by atoms with E-state index in [1.165, 1.54) is 6.20 Å². The topological polar surface area (TPSA) is 88.5 Å². The summed E-state index contributed by atoms with van der Waals surface area (Å²) in [4.78, 5) is 26.9. The van der Waals surface area contributed by atoms with E-state index in [0.717, 1.165) is 37.1 Å². The van der Waals surface area contributed by atoms with Crippen molar-refractivity contribution in [1.82, 2.24) is 14.8 Å². The smallest absolute Gasteiger partial charge is 0.242 e. The van der Waals surface area contributed by atoms with Gasteiger partial charge in [-0.1, -0.05) is 48.0 Å². The van der Waals surface area contributed by atoms with Gasteiger partial charge in [-0.25, -0.2) is 8.42 Å². The molecule has 7 nitrogen and oxygen atoms in total. The maximum atomic E-state index is 13.1. The minimum absolute atomic E-state index is 0.0250. The fourth-order valence-electron chi connectivity index (χ4n) is 4.01. The number of rotatable bonds is 7. The molecule has 1 aliphatic heterocycles. The summed E-state index contributed by atoms with van der Waals surface area (Å²) in [6, 6.07) is 14.7. The first kappa shape index (κ1) is 22.1. The van der Waals surface area contributed by atoms with Crippen LogP contribution in [0.15, 0.2) is 59.6 Å². The largest absolute Gasteiger partial charge is 0.351 e. The van der Waals surface area contributed by atoms with Crippen molar-refractivity contribution in [2.45, 2.75) is 37.8 Å². The molecular weight excluding hydrogens is 426 g/mol. The van der Waals surface area contributed by atoms with Crippen molar-refractivity contribution >= 4 is 32.6 Å². The van der Waals surface area contributed by atoms with E-state index in [4.69, 9.17) is 0 Å². The van der Waals surface area contributed by atoms with Gasteiger partial charge >= 0.3 is 0 Å². The molecule has 0 atom stereocenters. The summed E-state index contributed by atoms with van der Waals surface area (Å²) in [5.74, 6) is -1.23. The van der Waals surface area contributed by atoms with Crippen LogP contribution < -0.4 is 5.32 Å². The van der Waals surface area contributed by atoms with Crippen LogP contribution in [0.4, 0.5) is 0 Å². The van der Waals surface area contributed by atoms with Crippen molar-refractivity contribution in [3.63, 3.8) is 0 Å². The summed E-state index contributed by atoms with van der Waals surface area (Å²) < 4.78 is 27.9. The molecule has 8 heteroatoms. The molecule has 1 aromatic heterocycles. The molecule has 0 radical (unpaired) electrons. The third-order valence-electron chi connectivity index (χ3n) is 5.78. The molecule has 1 N–H and O–H groups in total. The second kappa shape index (κ2) is 9.16. The number of para-hydroxylation sites is 1. The Bertz CT molecular complexity index is 1240. The Morgan fingerprint density at radius 1 is 1.00 bits per heavy atom. The average molecular weight is 454 g/mol. The number of hydrogen-bond donors (Lipinski definition) is 1. The molecule has 1 fully saturated rings. The predicted octanol–water partition coefficient (Wildman–Crippen LogP) is 2.66. The third kappa shape index (κ3) is 4.85. The van der Waals surface area contributed by atoms with E-state index < -0.39 is 21.5 Å². The average Bonchev–Trinajstić information content (AvgIpc) is 3.42. The number of fused-ring (bicyclic) bond motifs is 1. The Hall–Kier alpha value is -3.13. The van der Waals surface area contributed by atoms with Gasteiger partial charge in [0, 0.05) is 36.7 Å². The molecule has 32 heavy (non-hydrogen) atoms. The summed E-state index contributed by atoms with van der Waals surface area (Å²) in [6.45, 7) is 3.80. The second-order valence-electron chi connectivity index (χ2n) is 8.25. The SMILES string of the molecule is Cc1ccc(CNC(=O)CS(=O)(=O)c2cn(CC(=O)N3CCCC3)c3ccccc23)cc1. The molecule has 168 valence electrons. The Labute approximate surface area is 187 Å². The normalized spacial score (nSPS) is 14.1. The summed E-state index contributed by atoms with van der Waals surface area (Å²) in [7, 11) is -3.89. The van der Waals surface area contributed by atoms with Crippen LogP contribution in [0.5, 0.6) is 0 Å². The van der Waals surface area contributed by atoms with Crippen molar-refractivity contribution in [2.75, 3.05) is 18.8 Å². The minimum atomic E-state index is -3.89. The number of benzene rings is 2. The fraction of sp³-hybridized carbons (Fsp3) is 0.333. The molecular formula is C24H27N3O4S. The van der Waals surface area contributed by atoms with E-state index in [2.05, 4.69) is 5.32 Å². The van der Waals surface area contributed by atoms with Crippen LogP contribution >= 0.6 is 0 Å². The zero-order valence-corrected chi connectivity index (χ0v) is 18.9. The molecule has 2 amide bonds. The van der Waals surface area contributed by atoms with Crippen molar-refractivity contribution in [3.8, 4) is 0 Å². The lowest BCUT2D eigenvalue weighted by Crippen LogP contribution is -2.31. The van der Waals surface area contributed by atoms with E-state index in [1.54, 1.807) is 22.8 Å². The monoisotopic (exact) mass is 453 g/mol. The maximum absolute atomic E-state index is 13.1. The van der Waals surface area contributed by atoms with E-state index in [0.29, 0.717) is 10.9 Å². The van der Waals surface area contributed by atoms with Gasteiger partial charge in [0.15, 0.2) is 9.84 Å². The third-order valence-corrected chi connectivity index (χ3v) is 7.42. The highest BCUT2D eigenvalue weighted by Gasteiger charge is 2.26. The molecule has 0 spiro atoms. The molecule has 2 aromatic carbocycles. The first-order chi connectivity index (χ1) is 15.3. The number of carbonyl (C=O) groups excluding carboxylic acids is 2. The quantitative estimate of drug-likeness (QED) is 0.596. The number of carbonyl (C=O) groups is 2. The second-order valence-corrected chi connectivity index (χ2v) is 10.2. The highest BCUT2D eigenvalue weighted by Crippen LogP contribution is 2.26. The highest BCUT2D eigenvalue weighted by molar-refractivity contribution is 7.92. The van der Waals surface area contributed by atoms with Gasteiger partial charge in [0.25, 0.3) is 0 Å². The summed E-state index contributed by atoms with van der Waals surface area (Å²) >= 11 is 0. The van der Waals surface area contributed by atoms with E-state index in [1.807, 2.05) is 42.2 Å². The molecule has 0 bridgehead atoms. The van der Waals surface area contributed by atoms with E-state index in [-0.39, 0.29) is 23.9 Å². The highest BCUT2D eigenvalue weighted by atomic mass is 32.2. The molecule has 1 aliphatic rings. The number of nitrogens with zero attached hydrogens (tertiary/aromatic N) is 2. The van der Waals surface area contributed by atoms with Crippen LogP contribution in [0.25, 0.3) is 10.9 Å². The number of hydrogen-bond acceptors (Lipinski definition) is 4. The molecule has 0 saturated carbocycles. The lowest BCUT2D eigenvalue weighted by Gasteiger charge is -2.15. The van der Waals surface area contributed by atoms with Crippen LogP contribution in [0, 0.1) is 6.92 Å². The predicted molar refractivity (Wildman–Crippen MR) is 123 cm³/mol. The zero-order valence-electron chi connectivity index (χ0n) is 18.1. The van der Waals surface area contributed by atoms with E-state index in [9.17, 15) is 18.0 Å². The first-order valence-electron chi connectivity index (χ1n) is 10.7. The molecule has 2 heterocycles. The van der Waals surface area contributed by atoms with Crippen molar-refractivity contribution in [2.24, 2.45) is 0 Å². The standard InChI is InChI=1S/C24H27N3O4S/c1-18-8-10-19(11-9-18)14-25-23(28)17-32(30,31)22-15-27(21-7-3-2-6-20(21)22)16-24(29)26-12-4-5-13-26/h2-3,6-11,15H,4-5,12-14,16-17H2,1H3,(H,25,28). The van der Waals surface area contributed by atoms with Gasteiger partial charge in [-0.3, -0.25) is 9.59 Å². The number of amides is 2. The van der Waals surface area contributed by atoms with Crippen molar-refractivity contribution < 1.29 is 18.0 Å². The van der Waals surface area contributed by atoms with Crippen LogP contribution in [-0.2, 0) is 32.5 Å². The molecule has 3 aromatic rings. The molecule has 4 rings (SSSR count). The summed E-state index contributed by atoms with van der Waals surface area (Å²) in [5, 5.41) is 3.20. The molecule has 1 saturated heterocycles. The summed E-state index contributed by atoms with van der Waals surface area (Å²) in [5.41, 5.74) is 2.68. The number of aromatic nitrogens is 1. The van der Waals surface area contributed by atoms with Crippen LogP contribution in [0.2, 0.25) is 0 Å². The van der Waals surface area contributed by atoms with Crippen LogP contribution in [0.1, 0.15) is 24.0 Å². The van der Waals surface area contributed by atoms with Crippen LogP contribution in [0.3, 0.4) is 0 Å². The Morgan fingerprint density at radius 2 is 1.69 bits per heavy atom. The van der Waals surface area contributed by atoms with Gasteiger partial charge < -0.3 is 14.8 Å². The number of aryl methyl sites for hydroxylation is 1. The van der Waals surface area contributed by atoms with Crippen LogP contribution in [-0.4, -0.2) is 48.5 Å². The minimum Gasteiger partial charge on any atom is -0.351 e. The lowest BCUT2D eigenvalue weighted by molar-refractivity contribution is -0.130. The Kier molecular flexibility index (Phi) is 6.32. The van der Waals surface area contributed by atoms with E-state index >= 15 is 0 Å². The van der Waals surface area contributed by atoms with Gasteiger partial charge in [-0.05, 0) is 31.4 Å².